The molecule has 0 spiro atoms. The van der Waals surface area contributed by atoms with Crippen LogP contribution in [0, 0.1) is 5.82 Å². The van der Waals surface area contributed by atoms with Crippen molar-refractivity contribution < 1.29 is 28.2 Å². The first-order chi connectivity index (χ1) is 17.4. The second-order valence-corrected chi connectivity index (χ2v) is 8.47. The van der Waals surface area contributed by atoms with Crippen LogP contribution in [-0.2, 0) is 11.3 Å². The van der Waals surface area contributed by atoms with Crippen molar-refractivity contribution in [1.82, 2.24) is 15.5 Å². The average molecular weight is 500 g/mol. The molecule has 0 aromatic heterocycles. The average Bonchev–Trinajstić information content (AvgIpc) is 2.91. The molecule has 8 nitrogen and oxygen atoms in total. The molecule has 1 heterocycles. The summed E-state index contributed by atoms with van der Waals surface area (Å²) in [4.78, 5) is 27.5. The fourth-order valence-corrected chi connectivity index (χ4v) is 4.18. The lowest BCUT2D eigenvalue weighted by Crippen LogP contribution is -2.51. The first kappa shape index (κ1) is 26.8. The topological polar surface area (TPSA) is 89.1 Å². The summed E-state index contributed by atoms with van der Waals surface area (Å²) in [6.07, 6.45) is 3.87. The van der Waals surface area contributed by atoms with Gasteiger partial charge in [0.25, 0.3) is 0 Å². The molecule has 3 rings (SSSR count). The Labute approximate surface area is 211 Å². The maximum atomic E-state index is 13.3. The number of urea groups is 1. The molecule has 194 valence electrons. The Morgan fingerprint density at radius 1 is 1.06 bits per heavy atom. The van der Waals surface area contributed by atoms with E-state index in [9.17, 15) is 14.0 Å². The van der Waals surface area contributed by atoms with Crippen LogP contribution in [0.5, 0.6) is 17.2 Å². The van der Waals surface area contributed by atoms with Gasteiger partial charge in [0.1, 0.15) is 29.1 Å². The van der Waals surface area contributed by atoms with Gasteiger partial charge in [-0.25, -0.2) is 9.18 Å². The SMILES string of the molecule is CCCC(NC(=O)NCc1ccc(F)cc1)C(=O)N1CC=C(c2c(OC)cc(OC)cc2OC)CC1. The number of nitrogens with one attached hydrogen (secondary N) is 2. The Hall–Kier alpha value is -3.75. The van der Waals surface area contributed by atoms with E-state index in [0.29, 0.717) is 43.2 Å². The van der Waals surface area contributed by atoms with E-state index in [-0.39, 0.29) is 18.3 Å². The number of hydrogen-bond donors (Lipinski definition) is 2. The second kappa shape index (κ2) is 12.8. The van der Waals surface area contributed by atoms with Crippen LogP contribution in [0.15, 0.2) is 42.5 Å². The minimum absolute atomic E-state index is 0.127. The van der Waals surface area contributed by atoms with E-state index in [0.717, 1.165) is 23.1 Å². The third kappa shape index (κ3) is 6.68. The zero-order valence-electron chi connectivity index (χ0n) is 21.2. The third-order valence-electron chi connectivity index (χ3n) is 6.10. The van der Waals surface area contributed by atoms with Gasteiger partial charge in [0.05, 0.1) is 26.9 Å². The molecular weight excluding hydrogens is 465 g/mol. The quantitative estimate of drug-likeness (QED) is 0.513. The summed E-state index contributed by atoms with van der Waals surface area (Å²) < 4.78 is 29.6. The van der Waals surface area contributed by atoms with Gasteiger partial charge in [0.15, 0.2) is 0 Å². The van der Waals surface area contributed by atoms with Crippen LogP contribution in [0.1, 0.15) is 37.3 Å². The monoisotopic (exact) mass is 499 g/mol. The Morgan fingerprint density at radius 2 is 1.72 bits per heavy atom. The second-order valence-electron chi connectivity index (χ2n) is 8.47. The van der Waals surface area contributed by atoms with Crippen LogP contribution in [0.2, 0.25) is 0 Å². The normalized spacial score (nSPS) is 13.9. The van der Waals surface area contributed by atoms with Crippen molar-refractivity contribution >= 4 is 17.5 Å². The van der Waals surface area contributed by atoms with Crippen LogP contribution in [-0.4, -0.2) is 57.3 Å². The minimum atomic E-state index is -0.636. The predicted molar refractivity (Wildman–Crippen MR) is 136 cm³/mol. The highest BCUT2D eigenvalue weighted by Gasteiger charge is 2.28. The van der Waals surface area contributed by atoms with Crippen molar-refractivity contribution in [2.75, 3.05) is 34.4 Å². The van der Waals surface area contributed by atoms with Gasteiger partial charge in [0, 0.05) is 31.8 Å². The number of nitrogens with zero attached hydrogens (tertiary/aromatic N) is 1. The smallest absolute Gasteiger partial charge is 0.315 e. The molecule has 0 fully saturated rings. The zero-order chi connectivity index (χ0) is 26.1. The molecule has 0 saturated carbocycles. The number of rotatable bonds is 10. The Balaban J connectivity index is 1.66. The number of methoxy groups -OCH3 is 3. The zero-order valence-corrected chi connectivity index (χ0v) is 21.2. The molecule has 2 N–H and O–H groups in total. The van der Waals surface area contributed by atoms with Crippen molar-refractivity contribution in [3.8, 4) is 17.2 Å². The van der Waals surface area contributed by atoms with E-state index in [2.05, 4.69) is 10.6 Å². The lowest BCUT2D eigenvalue weighted by atomic mass is 9.96. The highest BCUT2D eigenvalue weighted by Crippen LogP contribution is 2.40. The Bertz CT molecular complexity index is 1060. The van der Waals surface area contributed by atoms with E-state index in [1.807, 2.05) is 25.1 Å². The maximum Gasteiger partial charge on any atom is 0.315 e. The van der Waals surface area contributed by atoms with E-state index >= 15 is 0 Å². The molecule has 9 heteroatoms. The predicted octanol–water partition coefficient (Wildman–Crippen LogP) is 4.14. The lowest BCUT2D eigenvalue weighted by Gasteiger charge is -2.31. The summed E-state index contributed by atoms with van der Waals surface area (Å²) in [5.74, 6) is 1.45. The number of halogens is 1. The molecule has 1 aliphatic heterocycles. The van der Waals surface area contributed by atoms with Crippen molar-refractivity contribution in [2.45, 2.75) is 38.8 Å². The molecule has 2 aromatic carbocycles. The fraction of sp³-hybridized carbons (Fsp3) is 0.407. The standard InChI is InChI=1S/C27H34FN3O5/c1-5-6-22(30-27(33)29-17-18-7-9-20(28)10-8-18)26(32)31-13-11-19(12-14-31)25-23(35-3)15-21(34-2)16-24(25)36-4/h7-11,15-16,22H,5-6,12-14,17H2,1-4H3,(H2,29,30,33). The first-order valence-corrected chi connectivity index (χ1v) is 12.0. The molecule has 0 radical (unpaired) electrons. The summed E-state index contributed by atoms with van der Waals surface area (Å²) in [7, 11) is 4.78. The molecule has 0 aliphatic carbocycles. The van der Waals surface area contributed by atoms with Crippen LogP contribution in [0.25, 0.3) is 5.57 Å². The first-order valence-electron chi connectivity index (χ1n) is 12.0. The number of hydrogen-bond acceptors (Lipinski definition) is 5. The molecule has 2 aromatic rings. The minimum Gasteiger partial charge on any atom is -0.496 e. The summed E-state index contributed by atoms with van der Waals surface area (Å²) >= 11 is 0. The van der Waals surface area contributed by atoms with Crippen LogP contribution >= 0.6 is 0 Å². The van der Waals surface area contributed by atoms with Gasteiger partial charge >= 0.3 is 6.03 Å². The molecule has 3 amide bonds. The molecule has 1 aliphatic rings. The summed E-state index contributed by atoms with van der Waals surface area (Å²) in [6.45, 7) is 3.11. The van der Waals surface area contributed by atoms with Gasteiger partial charge in [-0.2, -0.15) is 0 Å². The molecular formula is C27H34FN3O5. The van der Waals surface area contributed by atoms with E-state index in [1.165, 1.54) is 12.1 Å². The van der Waals surface area contributed by atoms with E-state index in [1.54, 1.807) is 38.4 Å². The van der Waals surface area contributed by atoms with E-state index in [4.69, 9.17) is 14.2 Å². The van der Waals surface area contributed by atoms with Crippen LogP contribution in [0.3, 0.4) is 0 Å². The summed E-state index contributed by atoms with van der Waals surface area (Å²) in [6, 6.07) is 8.43. The van der Waals surface area contributed by atoms with Gasteiger partial charge in [0.2, 0.25) is 5.91 Å². The molecule has 1 atom stereocenters. The number of benzene rings is 2. The van der Waals surface area contributed by atoms with Crippen molar-refractivity contribution in [1.29, 1.82) is 0 Å². The molecule has 0 saturated heterocycles. The van der Waals surface area contributed by atoms with Crippen molar-refractivity contribution in [3.63, 3.8) is 0 Å². The number of amides is 3. The lowest BCUT2D eigenvalue weighted by molar-refractivity contribution is -0.133. The molecule has 36 heavy (non-hydrogen) atoms. The molecule has 1 unspecified atom stereocenters. The maximum absolute atomic E-state index is 13.3. The van der Waals surface area contributed by atoms with Crippen LogP contribution < -0.4 is 24.8 Å². The number of carbonyl (C=O) groups excluding carboxylic acids is 2. The van der Waals surface area contributed by atoms with Gasteiger partial charge in [-0.05, 0) is 36.1 Å². The highest BCUT2D eigenvalue weighted by atomic mass is 19.1. The van der Waals surface area contributed by atoms with Gasteiger partial charge in [-0.1, -0.05) is 31.6 Å². The summed E-state index contributed by atoms with van der Waals surface area (Å²) in [5.41, 5.74) is 2.63. The van der Waals surface area contributed by atoms with Crippen molar-refractivity contribution in [3.05, 3.63) is 59.4 Å². The van der Waals surface area contributed by atoms with Crippen LogP contribution in [0.4, 0.5) is 9.18 Å². The number of carbonyl (C=O) groups is 2. The summed E-state index contributed by atoms with van der Waals surface area (Å²) in [5, 5.41) is 5.53. The third-order valence-corrected chi connectivity index (χ3v) is 6.10. The Morgan fingerprint density at radius 3 is 2.25 bits per heavy atom. The van der Waals surface area contributed by atoms with Gasteiger partial charge in [-0.15, -0.1) is 0 Å². The Kier molecular flexibility index (Phi) is 9.55. The van der Waals surface area contributed by atoms with Gasteiger partial charge < -0.3 is 29.7 Å². The van der Waals surface area contributed by atoms with Gasteiger partial charge in [-0.3, -0.25) is 4.79 Å². The van der Waals surface area contributed by atoms with E-state index < -0.39 is 12.1 Å². The number of ether oxygens (including phenoxy) is 3. The molecule has 0 bridgehead atoms. The highest BCUT2D eigenvalue weighted by molar-refractivity contribution is 5.88. The van der Waals surface area contributed by atoms with Crippen molar-refractivity contribution in [2.24, 2.45) is 0 Å². The fourth-order valence-electron chi connectivity index (χ4n) is 4.18. The largest absolute Gasteiger partial charge is 0.496 e.